The van der Waals surface area contributed by atoms with Crippen LogP contribution < -0.4 is 19.7 Å². The van der Waals surface area contributed by atoms with Crippen LogP contribution in [0, 0.1) is 5.92 Å². The van der Waals surface area contributed by atoms with Crippen molar-refractivity contribution in [1.82, 2.24) is 4.90 Å². The number of nitrogens with one attached hydrogen (secondary N) is 1. The molecule has 2 aromatic rings. The number of ether oxygens (including phenoxy) is 2. The van der Waals surface area contributed by atoms with Crippen molar-refractivity contribution in [2.45, 2.75) is 32.8 Å². The maximum Gasteiger partial charge on any atom is 0.324 e. The van der Waals surface area contributed by atoms with E-state index in [4.69, 9.17) is 9.47 Å². The number of hydrogen-bond acceptors (Lipinski definition) is 4. The highest BCUT2D eigenvalue weighted by molar-refractivity contribution is 5.95. The third kappa shape index (κ3) is 4.76. The average Bonchev–Trinajstić information content (AvgIpc) is 2.79. The molecular formula is C24H29N3O4. The van der Waals surface area contributed by atoms with Crippen LogP contribution in [0.1, 0.15) is 26.7 Å². The van der Waals surface area contributed by atoms with E-state index in [2.05, 4.69) is 5.32 Å². The molecule has 2 aliphatic rings. The van der Waals surface area contributed by atoms with Gasteiger partial charge in [0.2, 0.25) is 5.91 Å². The number of para-hydroxylation sites is 2. The summed E-state index contributed by atoms with van der Waals surface area (Å²) in [6.45, 7) is 6.16. The lowest BCUT2D eigenvalue weighted by Gasteiger charge is -2.39. The second kappa shape index (κ2) is 9.29. The van der Waals surface area contributed by atoms with Crippen molar-refractivity contribution in [2.75, 3.05) is 36.5 Å². The molecule has 0 aliphatic carbocycles. The maximum atomic E-state index is 13.2. The molecule has 164 valence electrons. The molecule has 0 unspecified atom stereocenters. The minimum absolute atomic E-state index is 0.00148. The van der Waals surface area contributed by atoms with Crippen molar-refractivity contribution >= 4 is 23.3 Å². The van der Waals surface area contributed by atoms with E-state index < -0.39 is 0 Å². The third-order valence-electron chi connectivity index (χ3n) is 5.72. The fourth-order valence-corrected chi connectivity index (χ4v) is 4.12. The molecule has 0 spiro atoms. The molecule has 7 heteroatoms. The molecule has 1 saturated heterocycles. The summed E-state index contributed by atoms with van der Waals surface area (Å²) < 4.78 is 11.3. The summed E-state index contributed by atoms with van der Waals surface area (Å²) in [5, 5.41) is 2.98. The van der Waals surface area contributed by atoms with Gasteiger partial charge in [0.05, 0.1) is 18.8 Å². The molecule has 31 heavy (non-hydrogen) atoms. The summed E-state index contributed by atoms with van der Waals surface area (Å²) in [6.07, 6.45) is 1.24. The Morgan fingerprint density at radius 1 is 1.10 bits per heavy atom. The van der Waals surface area contributed by atoms with Crippen molar-refractivity contribution in [3.63, 3.8) is 0 Å². The standard InChI is InChI=1S/C24H29N3O4/c1-3-30-20-10-8-19(9-11-20)25-23(28)18-12-14-26(15-13-18)24(29)27-16-17(2)31-22-7-5-4-6-21(22)27/h4-11,17-18H,3,12-16H2,1-2H3,(H,25,28)/t17-/m1/s1. The fourth-order valence-electron chi connectivity index (χ4n) is 4.12. The first-order valence-corrected chi connectivity index (χ1v) is 10.9. The largest absolute Gasteiger partial charge is 0.494 e. The highest BCUT2D eigenvalue weighted by atomic mass is 16.5. The highest BCUT2D eigenvalue weighted by Gasteiger charge is 2.33. The van der Waals surface area contributed by atoms with Crippen LogP contribution in [0.2, 0.25) is 0 Å². The highest BCUT2D eigenvalue weighted by Crippen LogP contribution is 2.34. The third-order valence-corrected chi connectivity index (χ3v) is 5.72. The summed E-state index contributed by atoms with van der Waals surface area (Å²) in [5.41, 5.74) is 1.56. The molecule has 2 heterocycles. The molecule has 2 aromatic carbocycles. The molecule has 2 aliphatic heterocycles. The Balaban J connectivity index is 1.33. The second-order valence-corrected chi connectivity index (χ2v) is 8.00. The number of likely N-dealkylation sites (tertiary alicyclic amines) is 1. The Bertz CT molecular complexity index is 923. The van der Waals surface area contributed by atoms with Gasteiger partial charge in [-0.25, -0.2) is 4.79 Å². The second-order valence-electron chi connectivity index (χ2n) is 8.00. The van der Waals surface area contributed by atoms with Gasteiger partial charge in [-0.15, -0.1) is 0 Å². The van der Waals surface area contributed by atoms with Gasteiger partial charge in [0.1, 0.15) is 17.6 Å². The van der Waals surface area contributed by atoms with Gasteiger partial charge in [-0.2, -0.15) is 0 Å². The molecule has 3 amide bonds. The summed E-state index contributed by atoms with van der Waals surface area (Å²) in [4.78, 5) is 29.5. The van der Waals surface area contributed by atoms with Crippen molar-refractivity contribution in [1.29, 1.82) is 0 Å². The van der Waals surface area contributed by atoms with Crippen molar-refractivity contribution in [3.8, 4) is 11.5 Å². The first-order chi connectivity index (χ1) is 15.0. The predicted molar refractivity (Wildman–Crippen MR) is 120 cm³/mol. The van der Waals surface area contributed by atoms with Gasteiger partial charge in [-0.3, -0.25) is 9.69 Å². The molecule has 1 atom stereocenters. The van der Waals surface area contributed by atoms with E-state index in [-0.39, 0.29) is 24.0 Å². The van der Waals surface area contributed by atoms with E-state index >= 15 is 0 Å². The van der Waals surface area contributed by atoms with E-state index in [0.29, 0.717) is 39.1 Å². The number of benzene rings is 2. The lowest BCUT2D eigenvalue weighted by molar-refractivity contribution is -0.121. The van der Waals surface area contributed by atoms with Gasteiger partial charge in [0.25, 0.3) is 0 Å². The molecule has 1 N–H and O–H groups in total. The van der Waals surface area contributed by atoms with Crippen LogP contribution in [0.5, 0.6) is 11.5 Å². The lowest BCUT2D eigenvalue weighted by Crippen LogP contribution is -2.51. The van der Waals surface area contributed by atoms with E-state index in [1.165, 1.54) is 0 Å². The first-order valence-electron chi connectivity index (χ1n) is 10.9. The minimum Gasteiger partial charge on any atom is -0.494 e. The Hall–Kier alpha value is -3.22. The Morgan fingerprint density at radius 3 is 2.52 bits per heavy atom. The van der Waals surface area contributed by atoms with Gasteiger partial charge < -0.3 is 19.7 Å². The number of rotatable bonds is 4. The number of nitrogens with zero attached hydrogens (tertiary/aromatic N) is 2. The Morgan fingerprint density at radius 2 is 1.81 bits per heavy atom. The monoisotopic (exact) mass is 423 g/mol. The maximum absolute atomic E-state index is 13.2. The molecule has 0 saturated carbocycles. The Labute approximate surface area is 182 Å². The van der Waals surface area contributed by atoms with Crippen LogP contribution in [-0.2, 0) is 4.79 Å². The summed E-state index contributed by atoms with van der Waals surface area (Å²) in [7, 11) is 0. The zero-order chi connectivity index (χ0) is 21.8. The van der Waals surface area contributed by atoms with Crippen molar-refractivity contribution in [2.24, 2.45) is 5.92 Å². The van der Waals surface area contributed by atoms with Crippen LogP contribution in [0.4, 0.5) is 16.2 Å². The molecule has 0 bridgehead atoms. The predicted octanol–water partition coefficient (Wildman–Crippen LogP) is 4.14. The number of urea groups is 1. The first kappa shape index (κ1) is 21.0. The van der Waals surface area contributed by atoms with Crippen LogP contribution in [0.25, 0.3) is 0 Å². The van der Waals surface area contributed by atoms with Crippen LogP contribution in [-0.4, -0.2) is 49.2 Å². The Kier molecular flexibility index (Phi) is 6.30. The number of carbonyl (C=O) groups excluding carboxylic acids is 2. The van der Waals surface area contributed by atoms with Crippen molar-refractivity contribution < 1.29 is 19.1 Å². The number of amides is 3. The fraction of sp³-hybridized carbons (Fsp3) is 0.417. The zero-order valence-electron chi connectivity index (χ0n) is 18.0. The normalized spacial score (nSPS) is 18.7. The summed E-state index contributed by atoms with van der Waals surface area (Å²) in [5.74, 6) is 1.42. The summed E-state index contributed by atoms with van der Waals surface area (Å²) >= 11 is 0. The molecule has 1 fully saturated rings. The molecule has 4 rings (SSSR count). The number of fused-ring (bicyclic) bond motifs is 1. The van der Waals surface area contributed by atoms with E-state index in [0.717, 1.165) is 22.9 Å². The van der Waals surface area contributed by atoms with Crippen molar-refractivity contribution in [3.05, 3.63) is 48.5 Å². The van der Waals surface area contributed by atoms with Gasteiger partial charge in [0, 0.05) is 24.7 Å². The smallest absolute Gasteiger partial charge is 0.324 e. The molecule has 0 radical (unpaired) electrons. The van der Waals surface area contributed by atoms with E-state index in [9.17, 15) is 9.59 Å². The average molecular weight is 424 g/mol. The van der Waals surface area contributed by atoms with Gasteiger partial charge in [-0.1, -0.05) is 12.1 Å². The topological polar surface area (TPSA) is 71.1 Å². The minimum atomic E-state index is -0.105. The number of anilines is 2. The van der Waals surface area contributed by atoms with Gasteiger partial charge >= 0.3 is 6.03 Å². The molecular weight excluding hydrogens is 394 g/mol. The van der Waals surface area contributed by atoms with E-state index in [1.807, 2.05) is 67.3 Å². The quantitative estimate of drug-likeness (QED) is 0.802. The van der Waals surface area contributed by atoms with Crippen LogP contribution >= 0.6 is 0 Å². The number of carbonyl (C=O) groups is 2. The lowest BCUT2D eigenvalue weighted by atomic mass is 9.96. The molecule has 0 aromatic heterocycles. The molecule has 7 nitrogen and oxygen atoms in total. The van der Waals surface area contributed by atoms with Gasteiger partial charge in [-0.05, 0) is 63.1 Å². The van der Waals surface area contributed by atoms with Crippen LogP contribution in [0.3, 0.4) is 0 Å². The number of piperidine rings is 1. The van der Waals surface area contributed by atoms with E-state index in [1.54, 1.807) is 4.90 Å². The summed E-state index contributed by atoms with van der Waals surface area (Å²) in [6, 6.07) is 15.0. The number of hydrogen-bond donors (Lipinski definition) is 1. The van der Waals surface area contributed by atoms with Gasteiger partial charge in [0.15, 0.2) is 0 Å². The SMILES string of the molecule is CCOc1ccc(NC(=O)C2CCN(C(=O)N3C[C@@H](C)Oc4ccccc43)CC2)cc1. The zero-order valence-corrected chi connectivity index (χ0v) is 18.0. The van der Waals surface area contributed by atoms with Crippen LogP contribution in [0.15, 0.2) is 48.5 Å².